The van der Waals surface area contributed by atoms with Crippen molar-refractivity contribution >= 4 is 41.1 Å². The lowest BCUT2D eigenvalue weighted by Gasteiger charge is -2.10. The average Bonchev–Trinajstić information content (AvgIpc) is 2.91. The summed E-state index contributed by atoms with van der Waals surface area (Å²) in [6.45, 7) is 4.04. The minimum atomic E-state index is -1.51. The second-order valence-corrected chi connectivity index (χ2v) is 8.76. The molecule has 0 unspecified atom stereocenters. The number of ether oxygens (including phenoxy) is 1. The van der Waals surface area contributed by atoms with E-state index >= 15 is 0 Å². The molecule has 37 heavy (non-hydrogen) atoms. The number of phenols is 1. The highest BCUT2D eigenvalue weighted by Crippen LogP contribution is 2.13. The lowest BCUT2D eigenvalue weighted by Crippen LogP contribution is -2.32. The van der Waals surface area contributed by atoms with Gasteiger partial charge in [-0.25, -0.2) is 0 Å². The molecular weight excluding hydrogens is 534 g/mol. The van der Waals surface area contributed by atoms with Crippen molar-refractivity contribution in [2.45, 2.75) is 25.8 Å². The van der Waals surface area contributed by atoms with Gasteiger partial charge in [-0.3, -0.25) is 0 Å². The number of hydrogen-bond acceptors (Lipinski definition) is 6. The standard InChI is InChI=1S/C14H15BO3.C7H9BO3.C7H7Br/c1-11-7-8-13(9-14(11)15(16)17)18-10-12-5-3-2-4-6-12;1-5-2-3-6(9)4-7(5)8(10)11;8-6-7-4-2-1-3-5-7/h2-9,16-17H,10H2,1H3;2-4,9-11H,1H3;1-5H,6H2. The lowest BCUT2D eigenvalue weighted by molar-refractivity contribution is 0.306. The van der Waals surface area contributed by atoms with Crippen molar-refractivity contribution in [1.82, 2.24) is 0 Å². The molecule has 4 aromatic rings. The van der Waals surface area contributed by atoms with E-state index < -0.39 is 14.2 Å². The number of benzene rings is 4. The second kappa shape index (κ2) is 15.9. The van der Waals surface area contributed by atoms with Crippen molar-refractivity contribution in [3.63, 3.8) is 0 Å². The fraction of sp³-hybridized carbons (Fsp3) is 0.143. The molecule has 0 bridgehead atoms. The van der Waals surface area contributed by atoms with E-state index in [-0.39, 0.29) is 5.75 Å². The number of aromatic hydroxyl groups is 1. The topological polar surface area (TPSA) is 110 Å². The minimum Gasteiger partial charge on any atom is -0.508 e. The van der Waals surface area contributed by atoms with Crippen LogP contribution in [0.5, 0.6) is 11.5 Å². The van der Waals surface area contributed by atoms with Crippen LogP contribution in [0.1, 0.15) is 22.3 Å². The normalized spacial score (nSPS) is 9.81. The van der Waals surface area contributed by atoms with E-state index in [9.17, 15) is 10.0 Å². The van der Waals surface area contributed by atoms with Crippen LogP contribution < -0.4 is 15.7 Å². The Morgan fingerprint density at radius 2 is 1.14 bits per heavy atom. The molecule has 0 aromatic heterocycles. The zero-order valence-corrected chi connectivity index (χ0v) is 22.4. The van der Waals surface area contributed by atoms with Crippen LogP contribution in [-0.4, -0.2) is 39.4 Å². The largest absolute Gasteiger partial charge is 0.508 e. The van der Waals surface area contributed by atoms with Crippen LogP contribution in [-0.2, 0) is 11.9 Å². The summed E-state index contributed by atoms with van der Waals surface area (Å²) in [6.07, 6.45) is 0. The minimum absolute atomic E-state index is 0.0405. The summed E-state index contributed by atoms with van der Waals surface area (Å²) < 4.78 is 5.62. The van der Waals surface area contributed by atoms with E-state index in [1.807, 2.05) is 67.6 Å². The monoisotopic (exact) mass is 564 g/mol. The van der Waals surface area contributed by atoms with Crippen molar-refractivity contribution in [1.29, 1.82) is 0 Å². The number of rotatable bonds is 6. The molecule has 0 amide bonds. The molecular formula is C28H31B2BrO6. The van der Waals surface area contributed by atoms with Crippen molar-refractivity contribution in [3.8, 4) is 11.5 Å². The maximum atomic E-state index is 9.21. The lowest BCUT2D eigenvalue weighted by atomic mass is 9.77. The zero-order valence-electron chi connectivity index (χ0n) is 20.8. The van der Waals surface area contributed by atoms with Gasteiger partial charge >= 0.3 is 14.2 Å². The van der Waals surface area contributed by atoms with Crippen molar-refractivity contribution in [3.05, 3.63) is 119 Å². The van der Waals surface area contributed by atoms with Gasteiger partial charge in [0.05, 0.1) is 0 Å². The van der Waals surface area contributed by atoms with Gasteiger partial charge in [0.15, 0.2) is 0 Å². The molecule has 5 N–H and O–H groups in total. The van der Waals surface area contributed by atoms with E-state index in [4.69, 9.17) is 19.9 Å². The first-order valence-electron chi connectivity index (χ1n) is 11.6. The molecule has 0 radical (unpaired) electrons. The summed E-state index contributed by atoms with van der Waals surface area (Å²) >= 11 is 3.36. The highest BCUT2D eigenvalue weighted by molar-refractivity contribution is 9.08. The van der Waals surface area contributed by atoms with Crippen LogP contribution in [0.4, 0.5) is 0 Å². The molecule has 0 aliphatic rings. The predicted octanol–water partition coefficient (Wildman–Crippen LogP) is 3.22. The van der Waals surface area contributed by atoms with Gasteiger partial charge in [0.25, 0.3) is 0 Å². The van der Waals surface area contributed by atoms with Gasteiger partial charge in [0.2, 0.25) is 0 Å². The molecule has 0 spiro atoms. The molecule has 4 rings (SSSR count). The van der Waals surface area contributed by atoms with Gasteiger partial charge in [0, 0.05) is 5.33 Å². The maximum Gasteiger partial charge on any atom is 0.488 e. The molecule has 192 valence electrons. The Labute approximate surface area is 227 Å². The van der Waals surface area contributed by atoms with E-state index in [0.717, 1.165) is 22.0 Å². The third-order valence-electron chi connectivity index (χ3n) is 5.32. The highest BCUT2D eigenvalue weighted by Gasteiger charge is 2.15. The fourth-order valence-electron chi connectivity index (χ4n) is 3.20. The number of halogens is 1. The Balaban J connectivity index is 0.000000215. The molecule has 9 heteroatoms. The molecule has 0 aliphatic carbocycles. The first-order chi connectivity index (χ1) is 17.7. The first kappa shape index (κ1) is 30.2. The zero-order chi connectivity index (χ0) is 27.2. The smallest absolute Gasteiger partial charge is 0.488 e. The molecule has 0 saturated heterocycles. The van der Waals surface area contributed by atoms with Gasteiger partial charge in [0.1, 0.15) is 18.1 Å². The second-order valence-electron chi connectivity index (χ2n) is 8.20. The Kier molecular flexibility index (Phi) is 13.0. The van der Waals surface area contributed by atoms with E-state index in [0.29, 0.717) is 23.3 Å². The van der Waals surface area contributed by atoms with Gasteiger partial charge in [-0.2, -0.15) is 0 Å². The molecule has 4 aromatic carbocycles. The van der Waals surface area contributed by atoms with Gasteiger partial charge < -0.3 is 29.9 Å². The molecule has 0 fully saturated rings. The number of phenolic OH excluding ortho intramolecular Hbond substituents is 1. The summed E-state index contributed by atoms with van der Waals surface area (Å²) in [7, 11) is -2.98. The molecule has 0 atom stereocenters. The quantitative estimate of drug-likeness (QED) is 0.182. The van der Waals surface area contributed by atoms with Gasteiger partial charge in [-0.1, -0.05) is 99.9 Å². The Morgan fingerprint density at radius 1 is 0.649 bits per heavy atom. The van der Waals surface area contributed by atoms with Crippen LogP contribution >= 0.6 is 15.9 Å². The Bertz CT molecular complexity index is 1210. The SMILES string of the molecule is BrCc1ccccc1.Cc1ccc(O)cc1B(O)O.Cc1ccc(OCc2ccccc2)cc1B(O)O. The maximum absolute atomic E-state index is 9.21. The molecule has 0 aliphatic heterocycles. The Morgan fingerprint density at radius 3 is 1.59 bits per heavy atom. The fourth-order valence-corrected chi connectivity index (χ4v) is 3.57. The number of aryl methyl sites for hydroxylation is 2. The summed E-state index contributed by atoms with van der Waals surface area (Å²) in [4.78, 5) is 0. The molecule has 6 nitrogen and oxygen atoms in total. The van der Waals surface area contributed by atoms with Crippen molar-refractivity contribution in [2.75, 3.05) is 0 Å². The highest BCUT2D eigenvalue weighted by atomic mass is 79.9. The van der Waals surface area contributed by atoms with Crippen LogP contribution in [0.2, 0.25) is 0 Å². The van der Waals surface area contributed by atoms with Crippen LogP contribution in [0.25, 0.3) is 0 Å². The first-order valence-corrected chi connectivity index (χ1v) is 12.7. The molecule has 0 saturated carbocycles. The van der Waals surface area contributed by atoms with Crippen LogP contribution in [0.15, 0.2) is 97.1 Å². The summed E-state index contributed by atoms with van der Waals surface area (Å²) in [5.41, 5.74) is 4.79. The van der Waals surface area contributed by atoms with Gasteiger partial charge in [-0.05, 0) is 60.2 Å². The number of alkyl halides is 1. The number of hydrogen-bond donors (Lipinski definition) is 5. The van der Waals surface area contributed by atoms with Crippen molar-refractivity contribution < 1.29 is 29.9 Å². The van der Waals surface area contributed by atoms with E-state index in [1.165, 1.54) is 17.7 Å². The predicted molar refractivity (Wildman–Crippen MR) is 154 cm³/mol. The van der Waals surface area contributed by atoms with Crippen LogP contribution in [0.3, 0.4) is 0 Å². The third-order valence-corrected chi connectivity index (χ3v) is 5.96. The summed E-state index contributed by atoms with van der Waals surface area (Å²) in [5.74, 6) is 0.672. The van der Waals surface area contributed by atoms with E-state index in [2.05, 4.69) is 28.1 Å². The third kappa shape index (κ3) is 10.8. The van der Waals surface area contributed by atoms with Crippen LogP contribution in [0, 0.1) is 13.8 Å². The average molecular weight is 565 g/mol. The van der Waals surface area contributed by atoms with E-state index in [1.54, 1.807) is 19.1 Å². The summed E-state index contributed by atoms with van der Waals surface area (Å²) in [6, 6.07) is 29.9. The summed E-state index contributed by atoms with van der Waals surface area (Å²) in [5, 5.41) is 45.9. The Hall–Kier alpha value is -3.07. The van der Waals surface area contributed by atoms with Gasteiger partial charge in [-0.15, -0.1) is 0 Å². The molecule has 0 heterocycles. The van der Waals surface area contributed by atoms with Crippen molar-refractivity contribution in [2.24, 2.45) is 0 Å².